The molecule has 210 valence electrons. The first-order chi connectivity index (χ1) is 18.8. The van der Waals surface area contributed by atoms with E-state index in [2.05, 4.69) is 46.6 Å². The van der Waals surface area contributed by atoms with Crippen LogP contribution in [0.4, 0.5) is 5.69 Å². The molecule has 4 saturated carbocycles. The fourth-order valence-electron chi connectivity index (χ4n) is 8.37. The molecule has 2 aromatic carbocycles. The molecule has 7 rings (SSSR count). The fourth-order valence-corrected chi connectivity index (χ4v) is 9.23. The predicted octanol–water partition coefficient (Wildman–Crippen LogP) is 5.22. The zero-order valence-corrected chi connectivity index (χ0v) is 24.1. The van der Waals surface area contributed by atoms with Crippen molar-refractivity contribution in [3.05, 3.63) is 65.2 Å². The minimum absolute atomic E-state index is 0.220. The normalized spacial score (nSPS) is 28.4. The SMILES string of the molecule is CS(=O)(=O)N(CC(=O)NCc1ccc(CN2CCCCC2)cc1)c1ccc(C23CC4CC(CC(C4)C2)C3)cc1. The van der Waals surface area contributed by atoms with Crippen LogP contribution < -0.4 is 9.62 Å². The molecule has 4 bridgehead atoms. The number of hydrogen-bond donors (Lipinski definition) is 1. The van der Waals surface area contributed by atoms with E-state index in [1.165, 1.54) is 92.6 Å². The van der Waals surface area contributed by atoms with Gasteiger partial charge in [-0.05, 0) is 116 Å². The molecule has 39 heavy (non-hydrogen) atoms. The Kier molecular flexibility index (Phi) is 7.49. The van der Waals surface area contributed by atoms with Gasteiger partial charge in [0.15, 0.2) is 0 Å². The number of piperidine rings is 1. The summed E-state index contributed by atoms with van der Waals surface area (Å²) in [4.78, 5) is 15.3. The molecule has 6 nitrogen and oxygen atoms in total. The van der Waals surface area contributed by atoms with Crippen molar-refractivity contribution in [1.82, 2.24) is 10.2 Å². The smallest absolute Gasteiger partial charge is 0.241 e. The number of likely N-dealkylation sites (tertiary alicyclic amines) is 1. The molecular weight excluding hydrogens is 506 g/mol. The van der Waals surface area contributed by atoms with Gasteiger partial charge >= 0.3 is 0 Å². The Bertz CT molecular complexity index is 1230. The van der Waals surface area contributed by atoms with Gasteiger partial charge in [-0.3, -0.25) is 14.0 Å². The summed E-state index contributed by atoms with van der Waals surface area (Å²) in [7, 11) is -3.61. The molecule has 0 radical (unpaired) electrons. The van der Waals surface area contributed by atoms with Gasteiger partial charge < -0.3 is 5.32 Å². The molecule has 7 heteroatoms. The molecule has 1 saturated heterocycles. The highest BCUT2D eigenvalue weighted by molar-refractivity contribution is 7.92. The molecule has 5 aliphatic rings. The minimum Gasteiger partial charge on any atom is -0.350 e. The molecule has 4 aliphatic carbocycles. The first-order valence-electron chi connectivity index (χ1n) is 14.9. The van der Waals surface area contributed by atoms with Crippen molar-refractivity contribution in [3.8, 4) is 0 Å². The van der Waals surface area contributed by atoms with Crippen LogP contribution in [0.25, 0.3) is 0 Å². The topological polar surface area (TPSA) is 69.7 Å². The average molecular weight is 550 g/mol. The summed E-state index contributed by atoms with van der Waals surface area (Å²) < 4.78 is 26.6. The van der Waals surface area contributed by atoms with Gasteiger partial charge in [0.2, 0.25) is 15.9 Å². The first-order valence-corrected chi connectivity index (χ1v) is 16.8. The summed E-state index contributed by atoms with van der Waals surface area (Å²) >= 11 is 0. The Morgan fingerprint density at radius 3 is 2.00 bits per heavy atom. The summed E-state index contributed by atoms with van der Waals surface area (Å²) in [5.74, 6) is 2.28. The summed E-state index contributed by atoms with van der Waals surface area (Å²) in [6.45, 7) is 3.46. The van der Waals surface area contributed by atoms with Crippen LogP contribution in [-0.4, -0.2) is 45.1 Å². The van der Waals surface area contributed by atoms with Crippen molar-refractivity contribution in [2.45, 2.75) is 76.3 Å². The Morgan fingerprint density at radius 2 is 1.44 bits per heavy atom. The summed E-state index contributed by atoms with van der Waals surface area (Å²) in [5, 5.41) is 2.92. The van der Waals surface area contributed by atoms with Gasteiger partial charge in [0.25, 0.3) is 0 Å². The van der Waals surface area contributed by atoms with E-state index in [0.717, 1.165) is 29.9 Å². The fraction of sp³-hybridized carbons (Fsp3) is 0.594. The number of carbonyl (C=O) groups excluding carboxylic acids is 1. The third kappa shape index (κ3) is 6.04. The molecule has 0 spiro atoms. The van der Waals surface area contributed by atoms with Gasteiger partial charge in [0.05, 0.1) is 11.9 Å². The second kappa shape index (κ2) is 10.9. The standard InChI is InChI=1S/C32H43N3O3S/c1-39(37,38)35(23-31(36)33-21-24-5-7-25(8-6-24)22-34-13-3-2-4-14-34)30-11-9-29(10-12-30)32-18-26-15-27(19-32)17-28(16-26)20-32/h5-12,26-28H,2-4,13-23H2,1H3,(H,33,36). The lowest BCUT2D eigenvalue weighted by Crippen LogP contribution is -2.48. The van der Waals surface area contributed by atoms with E-state index >= 15 is 0 Å². The van der Waals surface area contributed by atoms with Crippen LogP contribution >= 0.6 is 0 Å². The summed E-state index contributed by atoms with van der Waals surface area (Å²) in [6, 6.07) is 16.4. The third-order valence-electron chi connectivity index (χ3n) is 9.86. The van der Waals surface area contributed by atoms with E-state index in [-0.39, 0.29) is 17.9 Å². The molecule has 2 aromatic rings. The Labute approximate surface area is 234 Å². The summed E-state index contributed by atoms with van der Waals surface area (Å²) in [5.41, 5.74) is 4.48. The molecule has 1 aliphatic heterocycles. The number of nitrogens with zero attached hydrogens (tertiary/aromatic N) is 2. The maximum Gasteiger partial charge on any atom is 0.241 e. The van der Waals surface area contributed by atoms with Gasteiger partial charge in [-0.25, -0.2) is 8.42 Å². The van der Waals surface area contributed by atoms with Crippen molar-refractivity contribution in [2.75, 3.05) is 30.2 Å². The molecular formula is C32H43N3O3S. The molecule has 1 heterocycles. The Hall–Kier alpha value is -2.38. The van der Waals surface area contributed by atoms with Crippen LogP contribution in [0.5, 0.6) is 0 Å². The van der Waals surface area contributed by atoms with Crippen LogP contribution in [0.3, 0.4) is 0 Å². The van der Waals surface area contributed by atoms with Crippen LogP contribution in [0.1, 0.15) is 74.5 Å². The average Bonchev–Trinajstić information content (AvgIpc) is 2.91. The zero-order valence-electron chi connectivity index (χ0n) is 23.3. The van der Waals surface area contributed by atoms with Gasteiger partial charge in [-0.15, -0.1) is 0 Å². The number of benzene rings is 2. The van der Waals surface area contributed by atoms with Crippen molar-refractivity contribution in [2.24, 2.45) is 17.8 Å². The van der Waals surface area contributed by atoms with E-state index in [0.29, 0.717) is 12.2 Å². The van der Waals surface area contributed by atoms with Gasteiger partial charge in [0, 0.05) is 13.1 Å². The molecule has 0 aromatic heterocycles. The predicted molar refractivity (Wildman–Crippen MR) is 156 cm³/mol. The number of hydrogen-bond acceptors (Lipinski definition) is 4. The maximum atomic E-state index is 12.8. The van der Waals surface area contributed by atoms with Crippen molar-refractivity contribution < 1.29 is 13.2 Å². The monoisotopic (exact) mass is 549 g/mol. The van der Waals surface area contributed by atoms with Crippen LogP contribution in [0.2, 0.25) is 0 Å². The lowest BCUT2D eigenvalue weighted by atomic mass is 9.48. The second-order valence-electron chi connectivity index (χ2n) is 12.9. The number of nitrogens with one attached hydrogen (secondary N) is 1. The van der Waals surface area contributed by atoms with Crippen LogP contribution in [-0.2, 0) is 33.3 Å². The van der Waals surface area contributed by atoms with Crippen molar-refractivity contribution >= 4 is 21.6 Å². The van der Waals surface area contributed by atoms with Crippen LogP contribution in [0.15, 0.2) is 48.5 Å². The van der Waals surface area contributed by atoms with E-state index < -0.39 is 10.0 Å². The highest BCUT2D eigenvalue weighted by atomic mass is 32.2. The largest absolute Gasteiger partial charge is 0.350 e. The highest BCUT2D eigenvalue weighted by Crippen LogP contribution is 2.60. The Balaban J connectivity index is 1.07. The van der Waals surface area contributed by atoms with Crippen molar-refractivity contribution in [3.63, 3.8) is 0 Å². The molecule has 1 amide bonds. The highest BCUT2D eigenvalue weighted by Gasteiger charge is 2.51. The number of amides is 1. The number of anilines is 1. The molecule has 1 N–H and O–H groups in total. The van der Waals surface area contributed by atoms with E-state index in [1.807, 2.05) is 12.1 Å². The number of rotatable bonds is 9. The van der Waals surface area contributed by atoms with E-state index in [1.54, 1.807) is 0 Å². The van der Waals surface area contributed by atoms with Crippen LogP contribution in [0, 0.1) is 17.8 Å². The molecule has 0 atom stereocenters. The van der Waals surface area contributed by atoms with Crippen molar-refractivity contribution in [1.29, 1.82) is 0 Å². The Morgan fingerprint density at radius 1 is 0.872 bits per heavy atom. The van der Waals surface area contributed by atoms with E-state index in [9.17, 15) is 13.2 Å². The van der Waals surface area contributed by atoms with Gasteiger partial charge in [0.1, 0.15) is 6.54 Å². The third-order valence-corrected chi connectivity index (χ3v) is 11.0. The molecule has 0 unspecified atom stereocenters. The first kappa shape index (κ1) is 26.8. The number of carbonyl (C=O) groups is 1. The maximum absolute atomic E-state index is 12.8. The zero-order chi connectivity index (χ0) is 27.0. The number of sulfonamides is 1. The van der Waals surface area contributed by atoms with Gasteiger partial charge in [-0.2, -0.15) is 0 Å². The lowest BCUT2D eigenvalue weighted by molar-refractivity contribution is -0.119. The summed E-state index contributed by atoms with van der Waals surface area (Å²) in [6.07, 6.45) is 13.1. The molecule has 5 fully saturated rings. The quantitative estimate of drug-likeness (QED) is 0.466. The second-order valence-corrected chi connectivity index (χ2v) is 14.9. The lowest BCUT2D eigenvalue weighted by Gasteiger charge is -2.57. The van der Waals surface area contributed by atoms with Gasteiger partial charge in [-0.1, -0.05) is 42.8 Å². The minimum atomic E-state index is -3.61. The van der Waals surface area contributed by atoms with E-state index in [4.69, 9.17) is 0 Å².